The molecular formula is C20H36ClN5O. The van der Waals surface area contributed by atoms with Crippen molar-refractivity contribution in [3.8, 4) is 0 Å². The van der Waals surface area contributed by atoms with E-state index in [4.69, 9.17) is 0 Å². The monoisotopic (exact) mass is 397 g/mol. The number of carbonyl (C=O) groups excluding carboxylic acids is 1. The second-order valence-corrected chi connectivity index (χ2v) is 8.81. The van der Waals surface area contributed by atoms with Crippen LogP contribution in [0, 0.1) is 18.3 Å². The van der Waals surface area contributed by atoms with Gasteiger partial charge in [0.2, 0.25) is 0 Å². The van der Waals surface area contributed by atoms with Crippen molar-refractivity contribution in [1.29, 1.82) is 0 Å². The molecule has 0 bridgehead atoms. The van der Waals surface area contributed by atoms with Gasteiger partial charge in [0.1, 0.15) is 0 Å². The Kier molecular flexibility index (Phi) is 7.69. The third-order valence-corrected chi connectivity index (χ3v) is 6.88. The van der Waals surface area contributed by atoms with Crippen molar-refractivity contribution >= 4 is 18.3 Å². The van der Waals surface area contributed by atoms with Gasteiger partial charge in [-0.05, 0) is 69.9 Å². The molecule has 27 heavy (non-hydrogen) atoms. The number of hydrogen-bond acceptors (Lipinski definition) is 4. The van der Waals surface area contributed by atoms with Gasteiger partial charge in [0.15, 0.2) is 5.69 Å². The number of piperidine rings is 1. The summed E-state index contributed by atoms with van der Waals surface area (Å²) in [5.74, 6) is 0.712. The van der Waals surface area contributed by atoms with E-state index in [1.165, 1.54) is 19.3 Å². The topological polar surface area (TPSA) is 71.8 Å². The summed E-state index contributed by atoms with van der Waals surface area (Å²) in [4.78, 5) is 12.7. The predicted molar refractivity (Wildman–Crippen MR) is 110 cm³/mol. The van der Waals surface area contributed by atoms with E-state index in [1.807, 2.05) is 11.6 Å². The molecule has 0 spiro atoms. The van der Waals surface area contributed by atoms with Crippen molar-refractivity contribution in [2.24, 2.45) is 11.3 Å². The predicted octanol–water partition coefficient (Wildman–Crippen LogP) is 3.66. The Morgan fingerprint density at radius 1 is 1.19 bits per heavy atom. The molecule has 3 rings (SSSR count). The Morgan fingerprint density at radius 3 is 2.41 bits per heavy atom. The van der Waals surface area contributed by atoms with Crippen molar-refractivity contribution < 1.29 is 4.79 Å². The van der Waals surface area contributed by atoms with Gasteiger partial charge in [0.25, 0.3) is 5.91 Å². The highest BCUT2D eigenvalue weighted by Gasteiger charge is 2.33. The van der Waals surface area contributed by atoms with Crippen LogP contribution < -0.4 is 10.6 Å². The number of hydrogen-bond donors (Lipinski definition) is 2. The maximum atomic E-state index is 12.7. The maximum absolute atomic E-state index is 12.7. The normalized spacial score (nSPS) is 24.3. The molecule has 154 valence electrons. The molecular weight excluding hydrogens is 362 g/mol. The fraction of sp³-hybridized carbons (Fsp3) is 0.850. The third-order valence-electron chi connectivity index (χ3n) is 6.88. The average molecular weight is 398 g/mol. The number of aromatic nitrogens is 3. The van der Waals surface area contributed by atoms with Crippen molar-refractivity contribution in [2.45, 2.75) is 84.7 Å². The summed E-state index contributed by atoms with van der Waals surface area (Å²) in [6.07, 6.45) is 7.85. The summed E-state index contributed by atoms with van der Waals surface area (Å²) in [7, 11) is 0. The number of amides is 1. The summed E-state index contributed by atoms with van der Waals surface area (Å²) in [6.45, 7) is 11.0. The lowest BCUT2D eigenvalue weighted by Gasteiger charge is -2.39. The molecule has 2 heterocycles. The molecule has 6 nitrogen and oxygen atoms in total. The van der Waals surface area contributed by atoms with E-state index in [-0.39, 0.29) is 24.4 Å². The van der Waals surface area contributed by atoms with Gasteiger partial charge in [-0.1, -0.05) is 32.4 Å². The second kappa shape index (κ2) is 9.37. The zero-order valence-electron chi connectivity index (χ0n) is 17.3. The largest absolute Gasteiger partial charge is 0.348 e. The molecule has 2 fully saturated rings. The van der Waals surface area contributed by atoms with Crippen LogP contribution in [0.1, 0.15) is 87.9 Å². The summed E-state index contributed by atoms with van der Waals surface area (Å²) in [5.41, 5.74) is 1.80. The molecule has 2 aliphatic rings. The highest BCUT2D eigenvalue weighted by molar-refractivity contribution is 5.93. The molecule has 1 saturated heterocycles. The molecule has 1 aliphatic carbocycles. The Balaban J connectivity index is 0.00000261. The van der Waals surface area contributed by atoms with Crippen LogP contribution in [0.5, 0.6) is 0 Å². The fourth-order valence-corrected chi connectivity index (χ4v) is 4.51. The highest BCUT2D eigenvalue weighted by atomic mass is 35.5. The Hall–Kier alpha value is -1.14. The number of nitrogens with zero attached hydrogens (tertiary/aromatic N) is 3. The van der Waals surface area contributed by atoms with Gasteiger partial charge in [-0.25, -0.2) is 4.68 Å². The van der Waals surface area contributed by atoms with Gasteiger partial charge in [0.05, 0.1) is 11.7 Å². The van der Waals surface area contributed by atoms with Crippen molar-refractivity contribution in [3.05, 3.63) is 11.4 Å². The summed E-state index contributed by atoms with van der Waals surface area (Å²) in [5, 5.41) is 15.1. The molecule has 0 aromatic carbocycles. The van der Waals surface area contributed by atoms with Crippen LogP contribution in [0.4, 0.5) is 0 Å². The lowest BCUT2D eigenvalue weighted by atomic mass is 9.69. The van der Waals surface area contributed by atoms with Crippen molar-refractivity contribution in [2.75, 3.05) is 13.1 Å². The van der Waals surface area contributed by atoms with Crippen molar-refractivity contribution in [1.82, 2.24) is 25.6 Å². The quantitative estimate of drug-likeness (QED) is 0.795. The zero-order valence-corrected chi connectivity index (χ0v) is 18.1. The molecule has 1 amide bonds. The number of rotatable bonds is 5. The summed E-state index contributed by atoms with van der Waals surface area (Å²) in [6, 6.07) is 0.631. The fourth-order valence-electron chi connectivity index (χ4n) is 4.51. The van der Waals surface area contributed by atoms with E-state index in [1.54, 1.807) is 0 Å². The number of nitrogens with one attached hydrogen (secondary N) is 2. The van der Waals surface area contributed by atoms with E-state index in [0.29, 0.717) is 17.2 Å². The SMILES string of the molecule is CCC(C)(C)C1CCC(NC(=O)c2nnn(C3CCNCC3)c2C)CC1.Cl. The summed E-state index contributed by atoms with van der Waals surface area (Å²) >= 11 is 0. The highest BCUT2D eigenvalue weighted by Crippen LogP contribution is 2.40. The molecule has 0 unspecified atom stereocenters. The molecule has 7 heteroatoms. The first kappa shape index (κ1) is 22.2. The lowest BCUT2D eigenvalue weighted by Crippen LogP contribution is -2.40. The van der Waals surface area contributed by atoms with Crippen LogP contribution in [0.15, 0.2) is 0 Å². The van der Waals surface area contributed by atoms with Gasteiger partial charge >= 0.3 is 0 Å². The second-order valence-electron chi connectivity index (χ2n) is 8.81. The Bertz CT molecular complexity index is 616. The van der Waals surface area contributed by atoms with Crippen LogP contribution in [0.2, 0.25) is 0 Å². The Labute approximate surface area is 169 Å². The smallest absolute Gasteiger partial charge is 0.273 e. The van der Waals surface area contributed by atoms with Crippen LogP contribution in [-0.4, -0.2) is 40.0 Å². The number of halogens is 1. The van der Waals surface area contributed by atoms with E-state index in [0.717, 1.165) is 50.4 Å². The third kappa shape index (κ3) is 5.02. The lowest BCUT2D eigenvalue weighted by molar-refractivity contribution is 0.0887. The molecule has 1 aliphatic heterocycles. The first-order chi connectivity index (χ1) is 12.4. The van der Waals surface area contributed by atoms with Crippen LogP contribution in [0.3, 0.4) is 0 Å². The van der Waals surface area contributed by atoms with E-state index in [9.17, 15) is 4.79 Å². The zero-order chi connectivity index (χ0) is 18.7. The molecule has 2 N–H and O–H groups in total. The van der Waals surface area contributed by atoms with Crippen LogP contribution >= 0.6 is 12.4 Å². The van der Waals surface area contributed by atoms with Gasteiger partial charge in [-0.15, -0.1) is 17.5 Å². The van der Waals surface area contributed by atoms with Gasteiger partial charge in [-0.3, -0.25) is 4.79 Å². The molecule has 1 saturated carbocycles. The summed E-state index contributed by atoms with van der Waals surface area (Å²) < 4.78 is 1.95. The van der Waals surface area contributed by atoms with Gasteiger partial charge < -0.3 is 10.6 Å². The minimum Gasteiger partial charge on any atom is -0.348 e. The standard InChI is InChI=1S/C20H35N5O.ClH/c1-5-20(3,4)15-6-8-16(9-7-15)22-19(26)18-14(2)25(24-23-18)17-10-12-21-13-11-17;/h15-17,21H,5-13H2,1-4H3,(H,22,26);1H. The molecule has 1 aromatic heterocycles. The van der Waals surface area contributed by atoms with Crippen LogP contribution in [-0.2, 0) is 0 Å². The first-order valence-corrected chi connectivity index (χ1v) is 10.4. The van der Waals surface area contributed by atoms with Gasteiger partial charge in [-0.2, -0.15) is 0 Å². The van der Waals surface area contributed by atoms with E-state index in [2.05, 4.69) is 41.7 Å². The van der Waals surface area contributed by atoms with Gasteiger partial charge in [0, 0.05) is 6.04 Å². The average Bonchev–Trinajstić information content (AvgIpc) is 3.04. The molecule has 0 atom stereocenters. The maximum Gasteiger partial charge on any atom is 0.273 e. The van der Waals surface area contributed by atoms with Crippen LogP contribution in [0.25, 0.3) is 0 Å². The first-order valence-electron chi connectivity index (χ1n) is 10.4. The minimum atomic E-state index is -0.0547. The van der Waals surface area contributed by atoms with E-state index >= 15 is 0 Å². The minimum absolute atomic E-state index is 0. The number of carbonyl (C=O) groups is 1. The van der Waals surface area contributed by atoms with Crippen molar-refractivity contribution in [3.63, 3.8) is 0 Å². The molecule has 0 radical (unpaired) electrons. The van der Waals surface area contributed by atoms with E-state index < -0.39 is 0 Å². The Morgan fingerprint density at radius 2 is 1.81 bits per heavy atom. The molecule has 1 aromatic rings.